The van der Waals surface area contributed by atoms with Gasteiger partial charge in [0.05, 0.1) is 12.2 Å². The molecule has 3 aromatic carbocycles. The lowest BCUT2D eigenvalue weighted by atomic mass is 10.2. The minimum Gasteiger partial charge on any atom is -0.492 e. The first-order valence-corrected chi connectivity index (χ1v) is 11.4. The van der Waals surface area contributed by atoms with Gasteiger partial charge < -0.3 is 24.2 Å². The van der Waals surface area contributed by atoms with Gasteiger partial charge in [0.2, 0.25) is 0 Å². The van der Waals surface area contributed by atoms with E-state index in [1.807, 2.05) is 24.3 Å². The number of carbonyl (C=O) groups is 3. The maximum absolute atomic E-state index is 12.6. The van der Waals surface area contributed by atoms with E-state index in [1.165, 1.54) is 12.1 Å². The van der Waals surface area contributed by atoms with Crippen molar-refractivity contribution in [2.45, 2.75) is 6.54 Å². The van der Waals surface area contributed by atoms with Crippen LogP contribution in [0.2, 0.25) is 5.02 Å². The van der Waals surface area contributed by atoms with Crippen LogP contribution in [0.5, 0.6) is 17.2 Å². The van der Waals surface area contributed by atoms with E-state index in [1.54, 1.807) is 41.3 Å². The number of rotatable bonds is 9. The van der Waals surface area contributed by atoms with Crippen molar-refractivity contribution in [1.82, 2.24) is 4.90 Å². The summed E-state index contributed by atoms with van der Waals surface area (Å²) in [5, 5.41) is 9.71. The van der Waals surface area contributed by atoms with Crippen molar-refractivity contribution in [2.24, 2.45) is 0 Å². The van der Waals surface area contributed by atoms with Crippen molar-refractivity contribution in [3.63, 3.8) is 0 Å². The van der Waals surface area contributed by atoms with Crippen molar-refractivity contribution in [3.8, 4) is 17.2 Å². The number of carbonyl (C=O) groups excluding carboxylic acids is 2. The second kappa shape index (κ2) is 11.5. The Morgan fingerprint density at radius 1 is 1.00 bits per heavy atom. The summed E-state index contributed by atoms with van der Waals surface area (Å²) in [5.74, 6) is 0.173. The molecule has 9 nitrogen and oxygen atoms in total. The molecular formula is C26H23ClN2O7. The van der Waals surface area contributed by atoms with Crippen molar-refractivity contribution in [3.05, 3.63) is 83.4 Å². The number of halogens is 1. The maximum Gasteiger partial charge on any atom is 0.416 e. The third-order valence-electron chi connectivity index (χ3n) is 5.29. The number of para-hydroxylation sites is 2. The molecule has 0 spiro atoms. The third-order valence-corrected chi connectivity index (χ3v) is 5.54. The largest absolute Gasteiger partial charge is 0.492 e. The Kier molecular flexibility index (Phi) is 7.92. The molecule has 0 aliphatic carbocycles. The average molecular weight is 511 g/mol. The van der Waals surface area contributed by atoms with Crippen LogP contribution in [0, 0.1) is 0 Å². The summed E-state index contributed by atoms with van der Waals surface area (Å²) in [6.45, 7) is 0.0959. The summed E-state index contributed by atoms with van der Waals surface area (Å²) in [5.41, 5.74) is 1.39. The molecule has 1 aliphatic heterocycles. The predicted octanol–water partition coefficient (Wildman–Crippen LogP) is 4.23. The lowest BCUT2D eigenvalue weighted by Gasteiger charge is -2.29. The van der Waals surface area contributed by atoms with E-state index in [2.05, 4.69) is 0 Å². The first kappa shape index (κ1) is 24.9. The summed E-state index contributed by atoms with van der Waals surface area (Å²) in [6.07, 6.45) is -0.796. The summed E-state index contributed by atoms with van der Waals surface area (Å²) in [4.78, 5) is 38.8. The van der Waals surface area contributed by atoms with E-state index in [4.69, 9.17) is 25.8 Å². The van der Waals surface area contributed by atoms with Gasteiger partial charge in [-0.05, 0) is 54.1 Å². The fourth-order valence-electron chi connectivity index (χ4n) is 3.58. The smallest absolute Gasteiger partial charge is 0.416 e. The minimum atomic E-state index is -1.16. The highest BCUT2D eigenvalue weighted by Crippen LogP contribution is 2.31. The van der Waals surface area contributed by atoms with Gasteiger partial charge in [0.25, 0.3) is 5.91 Å². The second-order valence-electron chi connectivity index (χ2n) is 7.87. The lowest BCUT2D eigenvalue weighted by molar-refractivity contribution is -0.138. The maximum atomic E-state index is 12.6. The van der Waals surface area contributed by atoms with E-state index in [-0.39, 0.29) is 31.4 Å². The first-order valence-electron chi connectivity index (χ1n) is 11.1. The van der Waals surface area contributed by atoms with Crippen LogP contribution in [0.15, 0.2) is 72.8 Å². The molecule has 2 amide bonds. The van der Waals surface area contributed by atoms with E-state index in [0.29, 0.717) is 34.3 Å². The Balaban J connectivity index is 1.33. The number of fused-ring (bicyclic) bond motifs is 1. The Bertz CT molecular complexity index is 1230. The predicted molar refractivity (Wildman–Crippen MR) is 132 cm³/mol. The molecule has 10 heteroatoms. The number of benzene rings is 3. The summed E-state index contributed by atoms with van der Waals surface area (Å²) in [7, 11) is 0. The van der Waals surface area contributed by atoms with Crippen LogP contribution in [0.3, 0.4) is 0 Å². The van der Waals surface area contributed by atoms with Gasteiger partial charge >= 0.3 is 12.1 Å². The van der Waals surface area contributed by atoms with Crippen molar-refractivity contribution in [2.75, 3.05) is 31.2 Å². The number of nitrogens with zero attached hydrogens (tertiary/aromatic N) is 2. The fourth-order valence-corrected chi connectivity index (χ4v) is 3.71. The van der Waals surface area contributed by atoms with Gasteiger partial charge in [-0.1, -0.05) is 35.9 Å². The Morgan fingerprint density at radius 2 is 1.69 bits per heavy atom. The molecule has 0 atom stereocenters. The van der Waals surface area contributed by atoms with Gasteiger partial charge in [0.15, 0.2) is 6.61 Å². The average Bonchev–Trinajstić information content (AvgIpc) is 2.87. The number of amides is 2. The highest BCUT2D eigenvalue weighted by Gasteiger charge is 2.25. The summed E-state index contributed by atoms with van der Waals surface area (Å²) >= 11 is 5.84. The molecule has 0 saturated heterocycles. The fraction of sp³-hybridized carbons (Fsp3) is 0.192. The van der Waals surface area contributed by atoms with E-state index in [9.17, 15) is 19.5 Å². The molecule has 36 heavy (non-hydrogen) atoms. The van der Waals surface area contributed by atoms with Gasteiger partial charge in [0.1, 0.15) is 30.4 Å². The highest BCUT2D eigenvalue weighted by atomic mass is 35.5. The molecular weight excluding hydrogens is 488 g/mol. The molecule has 0 bridgehead atoms. The second-order valence-corrected chi connectivity index (χ2v) is 8.30. The van der Waals surface area contributed by atoms with Crippen LogP contribution in [0.4, 0.5) is 10.5 Å². The van der Waals surface area contributed by atoms with Crippen molar-refractivity contribution in [1.29, 1.82) is 0 Å². The Hall–Kier alpha value is -4.24. The number of carboxylic acid groups (broad SMARTS) is 1. The van der Waals surface area contributed by atoms with Crippen molar-refractivity contribution >= 4 is 35.3 Å². The summed E-state index contributed by atoms with van der Waals surface area (Å²) in [6, 6.07) is 20.4. The monoisotopic (exact) mass is 510 g/mol. The number of anilines is 1. The molecule has 0 fully saturated rings. The minimum absolute atomic E-state index is 0.0149. The first-order chi connectivity index (χ1) is 17.4. The molecule has 3 aromatic rings. The van der Waals surface area contributed by atoms with Crippen LogP contribution in [0.1, 0.15) is 5.56 Å². The van der Waals surface area contributed by atoms with Crippen LogP contribution >= 0.6 is 11.6 Å². The SMILES string of the molecule is O=C(O)CN(Cc1ccc(OCCN2C(=O)COc3ccccc32)cc1)C(=O)Oc1ccc(Cl)cc1. The standard InChI is InChI=1S/C26H23ClN2O7/c27-19-7-11-21(12-8-19)36-26(33)28(16-25(31)32)15-18-5-9-20(10-6-18)34-14-13-29-22-3-1-2-4-23(22)35-17-24(29)30/h1-12H,13-17H2,(H,31,32). The zero-order chi connectivity index (χ0) is 25.5. The van der Waals surface area contributed by atoms with Gasteiger partial charge in [-0.2, -0.15) is 0 Å². The topological polar surface area (TPSA) is 106 Å². The molecule has 1 heterocycles. The van der Waals surface area contributed by atoms with Gasteiger partial charge in [-0.25, -0.2) is 4.79 Å². The van der Waals surface area contributed by atoms with Crippen molar-refractivity contribution < 1.29 is 33.7 Å². The molecule has 186 valence electrons. The van der Waals surface area contributed by atoms with E-state index >= 15 is 0 Å². The van der Waals surface area contributed by atoms with E-state index in [0.717, 1.165) is 4.90 Å². The Morgan fingerprint density at radius 3 is 2.42 bits per heavy atom. The van der Waals surface area contributed by atoms with Gasteiger partial charge in [-0.15, -0.1) is 0 Å². The molecule has 1 aliphatic rings. The lowest BCUT2D eigenvalue weighted by Crippen LogP contribution is -2.41. The number of carboxylic acids is 1. The van der Waals surface area contributed by atoms with Crippen LogP contribution < -0.4 is 19.1 Å². The third kappa shape index (κ3) is 6.45. The van der Waals surface area contributed by atoms with Gasteiger partial charge in [0, 0.05) is 11.6 Å². The number of aliphatic carboxylic acids is 1. The molecule has 0 radical (unpaired) electrons. The normalized spacial score (nSPS) is 12.4. The molecule has 4 rings (SSSR count). The number of hydrogen-bond donors (Lipinski definition) is 1. The molecule has 0 aromatic heterocycles. The zero-order valence-corrected chi connectivity index (χ0v) is 19.9. The molecule has 0 unspecified atom stereocenters. The van der Waals surface area contributed by atoms with E-state index < -0.39 is 18.6 Å². The number of hydrogen-bond acceptors (Lipinski definition) is 6. The summed E-state index contributed by atoms with van der Waals surface area (Å²) < 4.78 is 16.5. The Labute approximate surface area is 212 Å². The molecule has 1 N–H and O–H groups in total. The quantitative estimate of drug-likeness (QED) is 0.459. The zero-order valence-electron chi connectivity index (χ0n) is 19.1. The van der Waals surface area contributed by atoms with Gasteiger partial charge in [-0.3, -0.25) is 14.5 Å². The van der Waals surface area contributed by atoms with Crippen LogP contribution in [0.25, 0.3) is 0 Å². The highest BCUT2D eigenvalue weighted by molar-refractivity contribution is 6.30. The molecule has 0 saturated carbocycles. The van der Waals surface area contributed by atoms with Crippen LogP contribution in [-0.4, -0.2) is 54.3 Å². The number of ether oxygens (including phenoxy) is 3. The van der Waals surface area contributed by atoms with Crippen LogP contribution in [-0.2, 0) is 16.1 Å².